The molecule has 1 nitrogen and oxygen atoms in total. The van der Waals surface area contributed by atoms with Crippen LogP contribution in [0.25, 0.3) is 5.57 Å². The van der Waals surface area contributed by atoms with Crippen LogP contribution in [0.2, 0.25) is 0 Å². The van der Waals surface area contributed by atoms with Gasteiger partial charge in [0.25, 0.3) is 0 Å². The zero-order valence-corrected chi connectivity index (χ0v) is 7.89. The van der Waals surface area contributed by atoms with Gasteiger partial charge in [0.15, 0.2) is 0 Å². The summed E-state index contributed by atoms with van der Waals surface area (Å²) in [7, 11) is 0. The van der Waals surface area contributed by atoms with E-state index in [0.717, 1.165) is 5.57 Å². The minimum Gasteiger partial charge on any atom is -0.404 e. The van der Waals surface area contributed by atoms with E-state index in [2.05, 4.69) is 32.0 Å². The van der Waals surface area contributed by atoms with Gasteiger partial charge in [-0.3, -0.25) is 0 Å². The molecule has 12 heavy (non-hydrogen) atoms. The van der Waals surface area contributed by atoms with E-state index in [4.69, 9.17) is 5.73 Å². The third-order valence-electron chi connectivity index (χ3n) is 2.06. The molecule has 0 aliphatic rings. The molecule has 0 radical (unpaired) electrons. The molecule has 0 atom stereocenters. The van der Waals surface area contributed by atoms with Gasteiger partial charge in [0.1, 0.15) is 0 Å². The Bertz CT molecular complexity index is 311. The molecule has 0 bridgehead atoms. The number of hydrogen-bond donors (Lipinski definition) is 1. The summed E-state index contributed by atoms with van der Waals surface area (Å²) in [6.45, 7) is 6.23. The van der Waals surface area contributed by atoms with Crippen LogP contribution in [-0.4, -0.2) is 0 Å². The highest BCUT2D eigenvalue weighted by Gasteiger charge is 1.98. The van der Waals surface area contributed by atoms with Crippen LogP contribution in [0.3, 0.4) is 0 Å². The molecule has 0 saturated heterocycles. The molecule has 0 unspecified atom stereocenters. The Morgan fingerprint density at radius 3 is 2.50 bits per heavy atom. The van der Waals surface area contributed by atoms with Gasteiger partial charge >= 0.3 is 0 Å². The predicted molar refractivity (Wildman–Crippen MR) is 53.8 cm³/mol. The van der Waals surface area contributed by atoms with Crippen LogP contribution in [0, 0.1) is 13.8 Å². The van der Waals surface area contributed by atoms with Crippen molar-refractivity contribution in [1.82, 2.24) is 0 Å². The fourth-order valence-electron chi connectivity index (χ4n) is 1.35. The summed E-state index contributed by atoms with van der Waals surface area (Å²) in [5.74, 6) is 0. The van der Waals surface area contributed by atoms with Crippen molar-refractivity contribution in [3.8, 4) is 0 Å². The van der Waals surface area contributed by atoms with Crippen LogP contribution in [0.5, 0.6) is 0 Å². The van der Waals surface area contributed by atoms with E-state index >= 15 is 0 Å². The predicted octanol–water partition coefficient (Wildman–Crippen LogP) is 2.62. The number of nitrogens with two attached hydrogens (primary N) is 1. The molecule has 0 fully saturated rings. The molecule has 0 aromatic heterocycles. The van der Waals surface area contributed by atoms with Gasteiger partial charge in [-0.15, -0.1) is 0 Å². The maximum absolute atomic E-state index is 5.45. The summed E-state index contributed by atoms with van der Waals surface area (Å²) in [6.07, 6.45) is 1.65. The number of rotatable bonds is 1. The number of aryl methyl sites for hydroxylation is 2. The van der Waals surface area contributed by atoms with Gasteiger partial charge < -0.3 is 5.73 Å². The maximum atomic E-state index is 5.45. The largest absolute Gasteiger partial charge is 0.404 e. The van der Waals surface area contributed by atoms with Crippen LogP contribution in [-0.2, 0) is 0 Å². The lowest BCUT2D eigenvalue weighted by molar-refractivity contribution is 1.34. The number of benzene rings is 1. The summed E-state index contributed by atoms with van der Waals surface area (Å²) in [6, 6.07) is 6.39. The molecule has 0 aliphatic carbocycles. The van der Waals surface area contributed by atoms with Gasteiger partial charge in [0.05, 0.1) is 0 Å². The van der Waals surface area contributed by atoms with E-state index in [-0.39, 0.29) is 0 Å². The van der Waals surface area contributed by atoms with Crippen molar-refractivity contribution in [1.29, 1.82) is 0 Å². The fraction of sp³-hybridized carbons (Fsp3) is 0.273. The molecular weight excluding hydrogens is 146 g/mol. The third kappa shape index (κ3) is 1.67. The number of hydrogen-bond acceptors (Lipinski definition) is 1. The van der Waals surface area contributed by atoms with Crippen LogP contribution >= 0.6 is 0 Å². The first-order valence-corrected chi connectivity index (χ1v) is 4.11. The summed E-state index contributed by atoms with van der Waals surface area (Å²) in [5.41, 5.74) is 10.4. The molecule has 1 heteroatoms. The van der Waals surface area contributed by atoms with Crippen LogP contribution in [0.1, 0.15) is 23.6 Å². The van der Waals surface area contributed by atoms with E-state index in [1.54, 1.807) is 6.20 Å². The topological polar surface area (TPSA) is 26.0 Å². The molecule has 0 aliphatic heterocycles. The van der Waals surface area contributed by atoms with E-state index in [9.17, 15) is 0 Å². The lowest BCUT2D eigenvalue weighted by atomic mass is 10.0. The lowest BCUT2D eigenvalue weighted by Crippen LogP contribution is -1.89. The standard InChI is InChI=1S/C11H15N/c1-8-4-5-11(9(2)6-8)10(3)7-12/h4-7H,12H2,1-3H3/b10-7-. The van der Waals surface area contributed by atoms with E-state index in [1.807, 2.05) is 6.92 Å². The lowest BCUT2D eigenvalue weighted by Gasteiger charge is -2.05. The smallest absolute Gasteiger partial charge is 0.00264 e. The summed E-state index contributed by atoms with van der Waals surface area (Å²) >= 11 is 0. The monoisotopic (exact) mass is 161 g/mol. The van der Waals surface area contributed by atoms with Crippen molar-refractivity contribution in [3.63, 3.8) is 0 Å². The zero-order chi connectivity index (χ0) is 9.14. The van der Waals surface area contributed by atoms with Crippen LogP contribution < -0.4 is 5.73 Å². The molecule has 0 saturated carbocycles. The van der Waals surface area contributed by atoms with Crippen molar-refractivity contribution in [2.75, 3.05) is 0 Å². The summed E-state index contributed by atoms with van der Waals surface area (Å²) in [4.78, 5) is 0. The molecule has 0 heterocycles. The molecule has 0 amide bonds. The molecular formula is C11H15N. The second kappa shape index (κ2) is 3.44. The van der Waals surface area contributed by atoms with Crippen molar-refractivity contribution < 1.29 is 0 Å². The molecule has 2 N–H and O–H groups in total. The Labute approximate surface area is 73.9 Å². The Kier molecular flexibility index (Phi) is 2.54. The highest BCUT2D eigenvalue weighted by molar-refractivity contribution is 5.66. The summed E-state index contributed by atoms with van der Waals surface area (Å²) in [5, 5.41) is 0. The van der Waals surface area contributed by atoms with Gasteiger partial charge in [-0.1, -0.05) is 23.8 Å². The minimum atomic E-state index is 1.13. The van der Waals surface area contributed by atoms with Gasteiger partial charge in [0, 0.05) is 0 Å². The molecule has 64 valence electrons. The van der Waals surface area contributed by atoms with Crippen LogP contribution in [0.4, 0.5) is 0 Å². The minimum absolute atomic E-state index is 1.13. The number of allylic oxidation sites excluding steroid dienone is 1. The summed E-state index contributed by atoms with van der Waals surface area (Å²) < 4.78 is 0. The quantitative estimate of drug-likeness (QED) is 0.673. The van der Waals surface area contributed by atoms with Crippen molar-refractivity contribution in [2.45, 2.75) is 20.8 Å². The second-order valence-corrected chi connectivity index (χ2v) is 3.17. The van der Waals surface area contributed by atoms with E-state index in [0.29, 0.717) is 0 Å². The van der Waals surface area contributed by atoms with Crippen molar-refractivity contribution >= 4 is 5.57 Å². The van der Waals surface area contributed by atoms with Crippen LogP contribution in [0.15, 0.2) is 24.4 Å². The SMILES string of the molecule is C/C(=C/N)c1ccc(C)cc1C. The molecule has 0 spiro atoms. The van der Waals surface area contributed by atoms with E-state index in [1.165, 1.54) is 16.7 Å². The molecule has 1 rings (SSSR count). The third-order valence-corrected chi connectivity index (χ3v) is 2.06. The Morgan fingerprint density at radius 2 is 2.00 bits per heavy atom. The van der Waals surface area contributed by atoms with Crippen molar-refractivity contribution in [2.24, 2.45) is 5.73 Å². The first kappa shape index (κ1) is 8.85. The Hall–Kier alpha value is -1.24. The zero-order valence-electron chi connectivity index (χ0n) is 7.89. The highest BCUT2D eigenvalue weighted by atomic mass is 14.5. The average Bonchev–Trinajstić information content (AvgIpc) is 2.03. The second-order valence-electron chi connectivity index (χ2n) is 3.17. The van der Waals surface area contributed by atoms with Gasteiger partial charge in [-0.2, -0.15) is 0 Å². The van der Waals surface area contributed by atoms with Crippen molar-refractivity contribution in [3.05, 3.63) is 41.1 Å². The Morgan fingerprint density at radius 1 is 1.33 bits per heavy atom. The Balaban J connectivity index is 3.18. The first-order chi connectivity index (χ1) is 5.65. The van der Waals surface area contributed by atoms with Gasteiger partial charge in [0.2, 0.25) is 0 Å². The maximum Gasteiger partial charge on any atom is -0.00264 e. The molecule has 1 aromatic carbocycles. The average molecular weight is 161 g/mol. The van der Waals surface area contributed by atoms with E-state index < -0.39 is 0 Å². The van der Waals surface area contributed by atoms with Gasteiger partial charge in [-0.05, 0) is 43.7 Å². The van der Waals surface area contributed by atoms with Gasteiger partial charge in [-0.25, -0.2) is 0 Å². The highest BCUT2D eigenvalue weighted by Crippen LogP contribution is 2.18. The fourth-order valence-corrected chi connectivity index (χ4v) is 1.35. The normalized spacial score (nSPS) is 11.8. The first-order valence-electron chi connectivity index (χ1n) is 4.11. The molecule has 1 aromatic rings.